The molecule has 0 aliphatic heterocycles. The van der Waals surface area contributed by atoms with E-state index in [2.05, 4.69) is 0 Å². The van der Waals surface area contributed by atoms with Crippen LogP contribution in [0.4, 0.5) is 5.69 Å². The monoisotopic (exact) mass is 224 g/mol. The molecule has 5 nitrogen and oxygen atoms in total. The van der Waals surface area contributed by atoms with Gasteiger partial charge in [-0.2, -0.15) is 0 Å². The van der Waals surface area contributed by atoms with Crippen molar-refractivity contribution in [2.45, 2.75) is 26.3 Å². The Bertz CT molecular complexity index is 377. The van der Waals surface area contributed by atoms with Gasteiger partial charge in [0.2, 0.25) is 0 Å². The maximum Gasteiger partial charge on any atom is 0.270 e. The van der Waals surface area contributed by atoms with Gasteiger partial charge in [-0.05, 0) is 19.4 Å². The third kappa shape index (κ3) is 2.93. The van der Waals surface area contributed by atoms with Crippen LogP contribution in [0.1, 0.15) is 31.9 Å². The van der Waals surface area contributed by atoms with Gasteiger partial charge in [-0.3, -0.25) is 10.1 Å². The van der Waals surface area contributed by atoms with Crippen molar-refractivity contribution in [3.63, 3.8) is 0 Å². The first-order valence-electron chi connectivity index (χ1n) is 5.23. The second-order valence-electron chi connectivity index (χ2n) is 3.62. The average Bonchev–Trinajstić information content (AvgIpc) is 2.25. The van der Waals surface area contributed by atoms with Crippen LogP contribution in [-0.2, 0) is 0 Å². The van der Waals surface area contributed by atoms with Crippen LogP contribution in [0.25, 0.3) is 0 Å². The van der Waals surface area contributed by atoms with Crippen molar-refractivity contribution in [2.24, 2.45) is 5.73 Å². The summed E-state index contributed by atoms with van der Waals surface area (Å²) in [6, 6.07) is 4.21. The van der Waals surface area contributed by atoms with E-state index in [1.807, 2.05) is 6.92 Å². The van der Waals surface area contributed by atoms with Gasteiger partial charge in [0.25, 0.3) is 5.69 Å². The third-order valence-corrected chi connectivity index (χ3v) is 2.16. The van der Waals surface area contributed by atoms with E-state index in [0.29, 0.717) is 17.9 Å². The molecule has 88 valence electrons. The van der Waals surface area contributed by atoms with E-state index < -0.39 is 4.92 Å². The molecule has 0 aliphatic carbocycles. The highest BCUT2D eigenvalue weighted by Crippen LogP contribution is 2.28. The van der Waals surface area contributed by atoms with Crippen molar-refractivity contribution in [2.75, 3.05) is 6.61 Å². The Morgan fingerprint density at radius 1 is 1.56 bits per heavy atom. The van der Waals surface area contributed by atoms with E-state index in [0.717, 1.165) is 6.42 Å². The standard InChI is InChI=1S/C11H16N2O3/c1-3-6-16-11-5-4-9(13(14)15)7-10(11)8(2)12/h4-5,7-8H,3,6,12H2,1-2H3. The second-order valence-corrected chi connectivity index (χ2v) is 3.62. The van der Waals surface area contributed by atoms with Crippen LogP contribution in [0.15, 0.2) is 18.2 Å². The molecule has 1 aromatic rings. The Morgan fingerprint density at radius 2 is 2.25 bits per heavy atom. The molecule has 1 aromatic carbocycles. The molecule has 0 spiro atoms. The van der Waals surface area contributed by atoms with Crippen molar-refractivity contribution in [1.82, 2.24) is 0 Å². The quantitative estimate of drug-likeness (QED) is 0.615. The summed E-state index contributed by atoms with van der Waals surface area (Å²) >= 11 is 0. The number of ether oxygens (including phenoxy) is 1. The van der Waals surface area contributed by atoms with Gasteiger partial charge >= 0.3 is 0 Å². The number of nitro benzene ring substituents is 1. The summed E-state index contributed by atoms with van der Waals surface area (Å²) in [6.07, 6.45) is 0.884. The zero-order chi connectivity index (χ0) is 12.1. The lowest BCUT2D eigenvalue weighted by Gasteiger charge is -2.13. The Balaban J connectivity index is 3.04. The van der Waals surface area contributed by atoms with Crippen molar-refractivity contribution < 1.29 is 9.66 Å². The molecule has 0 amide bonds. The normalized spacial score (nSPS) is 12.2. The fourth-order valence-electron chi connectivity index (χ4n) is 1.35. The summed E-state index contributed by atoms with van der Waals surface area (Å²) in [5, 5.41) is 10.6. The van der Waals surface area contributed by atoms with E-state index in [9.17, 15) is 10.1 Å². The predicted octanol–water partition coefficient (Wildman–Crippen LogP) is 2.40. The number of nitrogens with zero attached hydrogens (tertiary/aromatic N) is 1. The lowest BCUT2D eigenvalue weighted by molar-refractivity contribution is -0.385. The van der Waals surface area contributed by atoms with Gasteiger partial charge in [-0.25, -0.2) is 0 Å². The van der Waals surface area contributed by atoms with Gasteiger partial charge in [-0.1, -0.05) is 6.92 Å². The molecule has 1 rings (SSSR count). The molecule has 0 fully saturated rings. The van der Waals surface area contributed by atoms with Crippen LogP contribution in [0.3, 0.4) is 0 Å². The minimum Gasteiger partial charge on any atom is -0.493 e. The smallest absolute Gasteiger partial charge is 0.270 e. The number of hydrogen-bond acceptors (Lipinski definition) is 4. The zero-order valence-electron chi connectivity index (χ0n) is 9.47. The van der Waals surface area contributed by atoms with Gasteiger partial charge in [0.15, 0.2) is 0 Å². The zero-order valence-corrected chi connectivity index (χ0v) is 9.47. The number of non-ortho nitro benzene ring substituents is 1. The molecule has 0 saturated heterocycles. The lowest BCUT2D eigenvalue weighted by atomic mass is 10.1. The molecule has 0 heterocycles. The Morgan fingerprint density at radius 3 is 2.75 bits per heavy atom. The molecule has 0 saturated carbocycles. The largest absolute Gasteiger partial charge is 0.493 e. The number of nitrogens with two attached hydrogens (primary N) is 1. The van der Waals surface area contributed by atoms with Crippen molar-refractivity contribution in [3.05, 3.63) is 33.9 Å². The molecular weight excluding hydrogens is 208 g/mol. The van der Waals surface area contributed by atoms with Crippen LogP contribution in [0.5, 0.6) is 5.75 Å². The fourth-order valence-corrected chi connectivity index (χ4v) is 1.35. The van der Waals surface area contributed by atoms with Gasteiger partial charge in [-0.15, -0.1) is 0 Å². The van der Waals surface area contributed by atoms with E-state index >= 15 is 0 Å². The van der Waals surface area contributed by atoms with Gasteiger partial charge in [0.1, 0.15) is 5.75 Å². The number of rotatable bonds is 5. The first kappa shape index (κ1) is 12.4. The first-order chi connectivity index (χ1) is 7.56. The molecule has 0 radical (unpaired) electrons. The molecule has 0 aromatic heterocycles. The molecule has 0 bridgehead atoms. The molecule has 0 aliphatic rings. The van der Waals surface area contributed by atoms with Crippen LogP contribution >= 0.6 is 0 Å². The molecule has 16 heavy (non-hydrogen) atoms. The minimum atomic E-state index is -0.435. The third-order valence-electron chi connectivity index (χ3n) is 2.16. The summed E-state index contributed by atoms with van der Waals surface area (Å²) in [6.45, 7) is 4.35. The highest BCUT2D eigenvalue weighted by molar-refractivity contribution is 5.45. The Kier molecular flexibility index (Phi) is 4.25. The van der Waals surface area contributed by atoms with Crippen LogP contribution in [0, 0.1) is 10.1 Å². The summed E-state index contributed by atoms with van der Waals surface area (Å²) in [5.41, 5.74) is 6.46. The maximum atomic E-state index is 10.6. The van der Waals surface area contributed by atoms with E-state index in [1.165, 1.54) is 12.1 Å². The lowest BCUT2D eigenvalue weighted by Crippen LogP contribution is -2.09. The summed E-state index contributed by atoms with van der Waals surface area (Å²) in [7, 11) is 0. The van der Waals surface area contributed by atoms with Crippen molar-refractivity contribution in [1.29, 1.82) is 0 Å². The van der Waals surface area contributed by atoms with E-state index in [-0.39, 0.29) is 11.7 Å². The number of benzene rings is 1. The summed E-state index contributed by atoms with van der Waals surface area (Å²) in [5.74, 6) is 0.627. The molecule has 2 N–H and O–H groups in total. The molecule has 1 atom stereocenters. The SMILES string of the molecule is CCCOc1ccc([N+](=O)[O-])cc1C(C)N. The van der Waals surface area contributed by atoms with Crippen molar-refractivity contribution in [3.8, 4) is 5.75 Å². The van der Waals surface area contributed by atoms with E-state index in [4.69, 9.17) is 10.5 Å². The molecule has 5 heteroatoms. The highest BCUT2D eigenvalue weighted by atomic mass is 16.6. The van der Waals surface area contributed by atoms with Gasteiger partial charge in [0.05, 0.1) is 11.5 Å². The van der Waals surface area contributed by atoms with Crippen molar-refractivity contribution >= 4 is 5.69 Å². The second kappa shape index (κ2) is 5.46. The minimum absolute atomic E-state index is 0.0381. The van der Waals surface area contributed by atoms with Gasteiger partial charge < -0.3 is 10.5 Å². The topological polar surface area (TPSA) is 78.4 Å². The van der Waals surface area contributed by atoms with Crippen LogP contribution in [-0.4, -0.2) is 11.5 Å². The molecular formula is C11H16N2O3. The predicted molar refractivity (Wildman–Crippen MR) is 61.5 cm³/mol. The first-order valence-corrected chi connectivity index (χ1v) is 5.23. The van der Waals surface area contributed by atoms with Crippen LogP contribution < -0.4 is 10.5 Å². The maximum absolute atomic E-state index is 10.6. The van der Waals surface area contributed by atoms with E-state index in [1.54, 1.807) is 13.0 Å². The fraction of sp³-hybridized carbons (Fsp3) is 0.455. The molecule has 1 unspecified atom stereocenters. The number of nitro groups is 1. The van der Waals surface area contributed by atoms with Gasteiger partial charge in [0, 0.05) is 23.7 Å². The Hall–Kier alpha value is -1.62. The Labute approximate surface area is 94.4 Å². The van der Waals surface area contributed by atoms with Crippen LogP contribution in [0.2, 0.25) is 0 Å². The summed E-state index contributed by atoms with van der Waals surface area (Å²) in [4.78, 5) is 10.2. The number of hydrogen-bond donors (Lipinski definition) is 1. The summed E-state index contributed by atoms with van der Waals surface area (Å²) < 4.78 is 5.48. The highest BCUT2D eigenvalue weighted by Gasteiger charge is 2.14. The average molecular weight is 224 g/mol.